The Labute approximate surface area is 326 Å². The Kier molecular flexibility index (Phi) is 19.1. The van der Waals surface area contributed by atoms with Crippen molar-refractivity contribution in [1.29, 1.82) is 0 Å². The fraction of sp³-hybridized carbons (Fsp3) is 0.750. The van der Waals surface area contributed by atoms with Crippen LogP contribution in [0.3, 0.4) is 0 Å². The van der Waals surface area contributed by atoms with Gasteiger partial charge in [-0.15, -0.1) is 0 Å². The molecule has 16 nitrogen and oxygen atoms in total. The summed E-state index contributed by atoms with van der Waals surface area (Å²) in [5.74, 6) is 2.24. The highest BCUT2D eigenvalue weighted by atomic mass is 35.5. The van der Waals surface area contributed by atoms with Gasteiger partial charge in [0.05, 0.1) is 24.2 Å². The van der Waals surface area contributed by atoms with Crippen molar-refractivity contribution in [2.45, 2.75) is 56.6 Å². The van der Waals surface area contributed by atoms with E-state index >= 15 is 0 Å². The van der Waals surface area contributed by atoms with E-state index in [1.807, 2.05) is 17.0 Å². The Balaban J connectivity index is 0.893. The number of nitrogens with two attached hydrogens (primary N) is 1. The minimum atomic E-state index is -0.592. The van der Waals surface area contributed by atoms with Crippen molar-refractivity contribution in [3.8, 4) is 0 Å². The second-order valence-electron chi connectivity index (χ2n) is 14.0. The molecule has 1 heterocycles. The van der Waals surface area contributed by atoms with Gasteiger partial charge in [-0.05, 0) is 92.4 Å². The van der Waals surface area contributed by atoms with Crippen molar-refractivity contribution in [1.82, 2.24) is 10.2 Å². The minimum Gasteiger partial charge on any atom is -0.354 e. The lowest BCUT2D eigenvalue weighted by molar-refractivity contribution is -0.229. The van der Waals surface area contributed by atoms with Gasteiger partial charge in [0, 0.05) is 31.1 Å². The van der Waals surface area contributed by atoms with Crippen molar-refractivity contribution in [2.75, 3.05) is 94.0 Å². The Morgan fingerprint density at radius 3 is 1.76 bits per heavy atom. The molecule has 1 saturated heterocycles. The van der Waals surface area contributed by atoms with Crippen LogP contribution in [-0.2, 0) is 57.0 Å². The molecule has 0 spiro atoms. The summed E-state index contributed by atoms with van der Waals surface area (Å²) < 4.78 is 51.4. The van der Waals surface area contributed by atoms with Gasteiger partial charge >= 0.3 is 0 Å². The third-order valence-corrected chi connectivity index (χ3v) is 11.3. The van der Waals surface area contributed by atoms with E-state index in [1.165, 1.54) is 50.3 Å². The molecular weight excluding hydrogens is 748 g/mol. The topological polar surface area (TPSA) is 180 Å². The van der Waals surface area contributed by atoms with Crippen LogP contribution in [0.25, 0.3) is 0 Å². The molecule has 4 aliphatic carbocycles. The third-order valence-electron chi connectivity index (χ3n) is 9.82. The zero-order valence-corrected chi connectivity index (χ0v) is 32.4. The zero-order valence-electron chi connectivity index (χ0n) is 30.8. The number of halogens is 1. The molecule has 4 saturated carbocycles. The summed E-state index contributed by atoms with van der Waals surface area (Å²) >= 11 is 7.45. The first-order chi connectivity index (χ1) is 26.4. The summed E-state index contributed by atoms with van der Waals surface area (Å²) in [5, 5.41) is 3.46. The Hall–Kier alpha value is -1.97. The number of amides is 2. The average molecular weight is 803 g/mol. The lowest BCUT2D eigenvalue weighted by atomic mass is 9.49. The quantitative estimate of drug-likeness (QED) is 0.0913. The first kappa shape index (κ1) is 43.2. The summed E-state index contributed by atoms with van der Waals surface area (Å²) in [5.41, 5.74) is 6.31. The molecule has 1 atom stereocenters. The second kappa shape index (κ2) is 23.9. The van der Waals surface area contributed by atoms with Crippen LogP contribution in [0.5, 0.6) is 0 Å². The van der Waals surface area contributed by atoms with Crippen LogP contribution in [0.4, 0.5) is 5.69 Å². The first-order valence-electron chi connectivity index (χ1n) is 18.5. The summed E-state index contributed by atoms with van der Waals surface area (Å²) in [6.45, 7) is 1.79. The van der Waals surface area contributed by atoms with E-state index in [-0.39, 0.29) is 92.5 Å². The number of rotatable bonds is 28. The maximum atomic E-state index is 13.6. The van der Waals surface area contributed by atoms with Crippen LogP contribution in [0.1, 0.15) is 51.4 Å². The molecule has 3 N–H and O–H groups in total. The van der Waals surface area contributed by atoms with Crippen LogP contribution < -0.4 is 11.1 Å². The van der Waals surface area contributed by atoms with Crippen LogP contribution in [0.15, 0.2) is 29.3 Å². The highest BCUT2D eigenvalue weighted by molar-refractivity contribution is 8.15. The molecule has 1 aromatic carbocycles. The first-order valence-corrected chi connectivity index (χ1v) is 19.8. The molecule has 1 aromatic rings. The smallest absolute Gasteiger partial charge is 0.234 e. The Morgan fingerprint density at radius 2 is 1.26 bits per heavy atom. The Bertz CT molecular complexity index is 1260. The van der Waals surface area contributed by atoms with Gasteiger partial charge in [-0.3, -0.25) is 14.5 Å². The van der Waals surface area contributed by atoms with Crippen molar-refractivity contribution < 1.29 is 57.0 Å². The third kappa shape index (κ3) is 14.8. The second-order valence-corrected chi connectivity index (χ2v) is 15.6. The molecule has 0 aromatic heterocycles. The van der Waals surface area contributed by atoms with Gasteiger partial charge in [0.25, 0.3) is 0 Å². The SMILES string of the molecule is NCCOCOCOCOCOCOCOCOCOCOCCNC(=O)C1CC(=O)N(CCC23CC4CC(CC(C4)C2)C3)C(=Nc2ccc(Cl)cc2)S1. The predicted octanol–water partition coefficient (Wildman–Crippen LogP) is 4.13. The van der Waals surface area contributed by atoms with Crippen molar-refractivity contribution in [2.24, 2.45) is 33.9 Å². The number of nitrogens with zero attached hydrogens (tertiary/aromatic N) is 2. The summed E-state index contributed by atoms with van der Waals surface area (Å²) in [6.07, 6.45) is 9.10. The number of nitrogens with one attached hydrogen (secondary N) is 1. The summed E-state index contributed by atoms with van der Waals surface area (Å²) in [7, 11) is 0. The highest BCUT2D eigenvalue weighted by Gasteiger charge is 2.51. The molecule has 1 aliphatic heterocycles. The lowest BCUT2D eigenvalue weighted by Gasteiger charge is -2.57. The number of ether oxygens (including phenoxy) is 10. The predicted molar refractivity (Wildman–Crippen MR) is 198 cm³/mol. The number of carbonyl (C=O) groups excluding carboxylic acids is 2. The van der Waals surface area contributed by atoms with E-state index in [4.69, 9.17) is 69.7 Å². The largest absolute Gasteiger partial charge is 0.354 e. The van der Waals surface area contributed by atoms with Gasteiger partial charge in [0.15, 0.2) is 52.7 Å². The van der Waals surface area contributed by atoms with Crippen LogP contribution >= 0.6 is 23.4 Å². The highest BCUT2D eigenvalue weighted by Crippen LogP contribution is 2.61. The molecule has 304 valence electrons. The van der Waals surface area contributed by atoms with Crippen LogP contribution in [-0.4, -0.2) is 121 Å². The summed E-state index contributed by atoms with van der Waals surface area (Å²) in [6, 6.07) is 7.20. The normalized spacial score (nSPS) is 25.6. The molecule has 1 unspecified atom stereocenters. The van der Waals surface area contributed by atoms with E-state index in [0.29, 0.717) is 41.0 Å². The molecular formula is C36H55ClN4O12S. The van der Waals surface area contributed by atoms with Gasteiger partial charge < -0.3 is 58.4 Å². The monoisotopic (exact) mass is 802 g/mol. The molecule has 4 bridgehead atoms. The number of benzene rings is 1. The van der Waals surface area contributed by atoms with E-state index in [1.54, 1.807) is 12.1 Å². The molecule has 54 heavy (non-hydrogen) atoms. The van der Waals surface area contributed by atoms with E-state index in [2.05, 4.69) is 5.32 Å². The number of amidine groups is 1. The van der Waals surface area contributed by atoms with Crippen molar-refractivity contribution in [3.63, 3.8) is 0 Å². The van der Waals surface area contributed by atoms with E-state index in [0.717, 1.165) is 24.2 Å². The van der Waals surface area contributed by atoms with Crippen LogP contribution in [0, 0.1) is 23.2 Å². The summed E-state index contributed by atoms with van der Waals surface area (Å²) in [4.78, 5) is 33.4. The zero-order chi connectivity index (χ0) is 37.9. The van der Waals surface area contributed by atoms with Gasteiger partial charge in [-0.2, -0.15) is 0 Å². The molecule has 0 radical (unpaired) electrons. The molecule has 6 rings (SSSR count). The molecule has 5 fully saturated rings. The van der Waals surface area contributed by atoms with Gasteiger partial charge in [0.1, 0.15) is 13.6 Å². The lowest BCUT2D eigenvalue weighted by Crippen LogP contribution is -2.50. The molecule has 5 aliphatic rings. The fourth-order valence-corrected chi connectivity index (χ4v) is 9.27. The van der Waals surface area contributed by atoms with E-state index in [9.17, 15) is 9.59 Å². The molecule has 2 amide bonds. The van der Waals surface area contributed by atoms with Gasteiger partial charge in [-0.25, -0.2) is 4.99 Å². The van der Waals surface area contributed by atoms with Crippen molar-refractivity contribution >= 4 is 46.0 Å². The van der Waals surface area contributed by atoms with E-state index < -0.39 is 5.25 Å². The molecule has 18 heteroatoms. The van der Waals surface area contributed by atoms with Crippen molar-refractivity contribution in [3.05, 3.63) is 29.3 Å². The fourth-order valence-electron chi connectivity index (χ4n) is 8.00. The maximum absolute atomic E-state index is 13.6. The Morgan fingerprint density at radius 1 is 0.778 bits per heavy atom. The minimum absolute atomic E-state index is 0.00955. The average Bonchev–Trinajstić information content (AvgIpc) is 3.15. The number of hydrogen-bond acceptors (Lipinski definition) is 15. The standard InChI is InChI=1S/C36H55ClN4O12S/c37-30-1-3-31(4-2-30)40-35-41(8-5-36-15-27-11-28(16-36)13-29(12-27)17-36)33(42)14-32(54-35)34(43)39-7-10-45-19-47-21-49-23-51-25-53-26-52-24-50-22-48-20-46-18-44-9-6-38/h1-4,27-29,32H,5-26,38H2,(H,39,43). The number of hydrogen-bond donors (Lipinski definition) is 2. The maximum Gasteiger partial charge on any atom is 0.234 e. The van der Waals surface area contributed by atoms with Gasteiger partial charge in [0.2, 0.25) is 11.8 Å². The van der Waals surface area contributed by atoms with Gasteiger partial charge in [-0.1, -0.05) is 23.4 Å². The number of aliphatic imine (C=N–C) groups is 1. The number of carbonyl (C=O) groups is 2. The van der Waals surface area contributed by atoms with Crippen LogP contribution in [0.2, 0.25) is 5.02 Å². The number of thioether (sulfide) groups is 1.